The zero-order valence-electron chi connectivity index (χ0n) is 9.75. The molecule has 0 atom stereocenters. The molecule has 2 aromatic heterocycles. The molecule has 0 aliphatic carbocycles. The van der Waals surface area contributed by atoms with Gasteiger partial charge in [-0.15, -0.1) is 0 Å². The summed E-state index contributed by atoms with van der Waals surface area (Å²) in [4.78, 5) is 15.8. The van der Waals surface area contributed by atoms with Crippen molar-refractivity contribution in [3.8, 4) is 5.69 Å². The average molecular weight is 364 g/mol. The number of nitrogens with zero attached hydrogens (tertiary/aromatic N) is 3. The topological polar surface area (TPSA) is 73.8 Å². The van der Waals surface area contributed by atoms with Gasteiger partial charge in [-0.1, -0.05) is 18.2 Å². The van der Waals surface area contributed by atoms with E-state index in [1.165, 1.54) is 6.20 Å². The van der Waals surface area contributed by atoms with Gasteiger partial charge in [-0.05, 0) is 28.7 Å². The Morgan fingerprint density at radius 1 is 1.26 bits per heavy atom. The highest BCUT2D eigenvalue weighted by Crippen LogP contribution is 2.24. The van der Waals surface area contributed by atoms with Crippen LogP contribution in [0.3, 0.4) is 0 Å². The summed E-state index contributed by atoms with van der Waals surface area (Å²) in [5.41, 5.74) is 7.25. The Morgan fingerprint density at radius 2 is 2.05 bits per heavy atom. The first kappa shape index (κ1) is 12.1. The molecule has 19 heavy (non-hydrogen) atoms. The van der Waals surface area contributed by atoms with Gasteiger partial charge in [0.1, 0.15) is 0 Å². The number of fused-ring (bicyclic) bond motifs is 1. The Hall–Kier alpha value is -1.96. The second-order valence-corrected chi connectivity index (χ2v) is 5.25. The van der Waals surface area contributed by atoms with Crippen molar-refractivity contribution in [3.05, 3.63) is 52.0 Å². The van der Waals surface area contributed by atoms with E-state index in [4.69, 9.17) is 5.73 Å². The monoisotopic (exact) mass is 364 g/mol. The number of amides is 1. The maximum Gasteiger partial charge on any atom is 0.252 e. The van der Waals surface area contributed by atoms with Gasteiger partial charge in [0.2, 0.25) is 0 Å². The SMILES string of the molecule is NC(=O)c1cnc2ccccc2c1-n1cc(I)cn1. The lowest BCUT2D eigenvalue weighted by molar-refractivity contribution is 0.1000. The molecule has 1 amide bonds. The average Bonchev–Trinajstić information content (AvgIpc) is 2.83. The largest absolute Gasteiger partial charge is 0.365 e. The molecule has 0 saturated carbocycles. The van der Waals surface area contributed by atoms with Crippen LogP contribution in [0.4, 0.5) is 0 Å². The van der Waals surface area contributed by atoms with Crippen molar-refractivity contribution in [2.45, 2.75) is 0 Å². The molecule has 0 radical (unpaired) electrons. The number of hydrogen-bond donors (Lipinski definition) is 1. The van der Waals surface area contributed by atoms with Crippen molar-refractivity contribution in [3.63, 3.8) is 0 Å². The maximum absolute atomic E-state index is 11.6. The molecule has 2 heterocycles. The third-order valence-corrected chi connectivity index (χ3v) is 3.35. The van der Waals surface area contributed by atoms with Gasteiger partial charge in [-0.3, -0.25) is 9.78 Å². The van der Waals surface area contributed by atoms with Crippen LogP contribution in [-0.2, 0) is 0 Å². The van der Waals surface area contributed by atoms with Gasteiger partial charge in [-0.25, -0.2) is 4.68 Å². The molecular weight excluding hydrogens is 355 g/mol. The quantitative estimate of drug-likeness (QED) is 0.708. The summed E-state index contributed by atoms with van der Waals surface area (Å²) in [7, 11) is 0. The molecule has 2 N–H and O–H groups in total. The van der Waals surface area contributed by atoms with Crippen molar-refractivity contribution in [1.29, 1.82) is 0 Å². The standard InChI is InChI=1S/C13H9IN4O/c14-8-5-17-18(7-8)12-9-3-1-2-4-11(9)16-6-10(12)13(15)19/h1-7H,(H2,15,19). The smallest absolute Gasteiger partial charge is 0.252 e. The highest BCUT2D eigenvalue weighted by Gasteiger charge is 2.15. The summed E-state index contributed by atoms with van der Waals surface area (Å²) >= 11 is 2.17. The molecule has 6 heteroatoms. The van der Waals surface area contributed by atoms with E-state index in [-0.39, 0.29) is 0 Å². The lowest BCUT2D eigenvalue weighted by Crippen LogP contribution is -2.15. The minimum Gasteiger partial charge on any atom is -0.365 e. The molecule has 3 aromatic rings. The zero-order chi connectivity index (χ0) is 13.4. The van der Waals surface area contributed by atoms with Gasteiger partial charge < -0.3 is 5.73 Å². The zero-order valence-corrected chi connectivity index (χ0v) is 11.9. The molecule has 0 aliphatic heterocycles. The second-order valence-electron chi connectivity index (χ2n) is 4.01. The predicted molar refractivity (Wildman–Crippen MR) is 80.1 cm³/mol. The van der Waals surface area contributed by atoms with Crippen LogP contribution >= 0.6 is 22.6 Å². The van der Waals surface area contributed by atoms with Crippen molar-refractivity contribution >= 4 is 39.4 Å². The maximum atomic E-state index is 11.6. The van der Waals surface area contributed by atoms with Gasteiger partial charge in [0.25, 0.3) is 5.91 Å². The van der Waals surface area contributed by atoms with Crippen LogP contribution in [0.15, 0.2) is 42.9 Å². The number of pyridine rings is 1. The highest BCUT2D eigenvalue weighted by atomic mass is 127. The predicted octanol–water partition coefficient (Wildman–Crippen LogP) is 2.12. The van der Waals surface area contributed by atoms with Gasteiger partial charge >= 0.3 is 0 Å². The Morgan fingerprint density at radius 3 is 2.74 bits per heavy atom. The fourth-order valence-corrected chi connectivity index (χ4v) is 2.37. The molecule has 0 fully saturated rings. The number of hydrogen-bond acceptors (Lipinski definition) is 3. The van der Waals surface area contributed by atoms with E-state index in [2.05, 4.69) is 32.7 Å². The van der Waals surface area contributed by atoms with E-state index in [9.17, 15) is 4.79 Å². The third-order valence-electron chi connectivity index (χ3n) is 2.79. The number of halogens is 1. The molecule has 94 valence electrons. The van der Waals surface area contributed by atoms with Gasteiger partial charge in [0.05, 0.1) is 26.5 Å². The Bertz CT molecular complexity index is 781. The van der Waals surface area contributed by atoms with Crippen LogP contribution in [0.25, 0.3) is 16.6 Å². The number of rotatable bonds is 2. The lowest BCUT2D eigenvalue weighted by Gasteiger charge is -2.10. The molecule has 3 rings (SSSR count). The van der Waals surface area contributed by atoms with Gasteiger partial charge in [0.15, 0.2) is 0 Å². The lowest BCUT2D eigenvalue weighted by atomic mass is 10.1. The number of nitrogens with two attached hydrogens (primary N) is 1. The minimum absolute atomic E-state index is 0.359. The highest BCUT2D eigenvalue weighted by molar-refractivity contribution is 14.1. The molecule has 0 saturated heterocycles. The van der Waals surface area contributed by atoms with Gasteiger partial charge in [0, 0.05) is 17.8 Å². The molecule has 0 spiro atoms. The molecule has 0 bridgehead atoms. The van der Waals surface area contributed by atoms with E-state index in [1.54, 1.807) is 10.9 Å². The first-order valence-electron chi connectivity index (χ1n) is 5.55. The first-order chi connectivity index (χ1) is 9.16. The molecule has 0 aliphatic rings. The van der Waals surface area contributed by atoms with Crippen LogP contribution in [-0.4, -0.2) is 20.7 Å². The number of para-hydroxylation sites is 1. The summed E-state index contributed by atoms with van der Waals surface area (Å²) < 4.78 is 2.64. The fourth-order valence-electron chi connectivity index (χ4n) is 1.98. The number of benzene rings is 1. The van der Waals surface area contributed by atoms with E-state index >= 15 is 0 Å². The van der Waals surface area contributed by atoms with Crippen molar-refractivity contribution in [2.75, 3.05) is 0 Å². The summed E-state index contributed by atoms with van der Waals surface area (Å²) in [6.45, 7) is 0. The number of carbonyl (C=O) groups is 1. The summed E-state index contributed by atoms with van der Waals surface area (Å²) in [5, 5.41) is 5.10. The van der Waals surface area contributed by atoms with Crippen LogP contribution < -0.4 is 5.73 Å². The van der Waals surface area contributed by atoms with Gasteiger partial charge in [-0.2, -0.15) is 5.10 Å². The summed E-state index contributed by atoms with van der Waals surface area (Å²) in [5.74, 6) is -0.515. The first-order valence-corrected chi connectivity index (χ1v) is 6.63. The summed E-state index contributed by atoms with van der Waals surface area (Å²) in [6, 6.07) is 7.58. The number of aromatic nitrogens is 3. The van der Waals surface area contributed by atoms with Crippen LogP contribution in [0, 0.1) is 3.57 Å². The van der Waals surface area contributed by atoms with Crippen LogP contribution in [0.1, 0.15) is 10.4 Å². The Kier molecular flexibility index (Phi) is 2.94. The van der Waals surface area contributed by atoms with E-state index < -0.39 is 5.91 Å². The van der Waals surface area contributed by atoms with Crippen molar-refractivity contribution in [1.82, 2.24) is 14.8 Å². The number of primary amides is 1. The molecular formula is C13H9IN4O. The van der Waals surface area contributed by atoms with E-state index in [0.29, 0.717) is 11.3 Å². The summed E-state index contributed by atoms with van der Waals surface area (Å²) in [6.07, 6.45) is 5.06. The van der Waals surface area contributed by atoms with E-state index in [1.807, 2.05) is 30.5 Å². The third kappa shape index (κ3) is 2.07. The molecule has 5 nitrogen and oxygen atoms in total. The van der Waals surface area contributed by atoms with E-state index in [0.717, 1.165) is 14.5 Å². The van der Waals surface area contributed by atoms with Crippen molar-refractivity contribution < 1.29 is 4.79 Å². The normalized spacial score (nSPS) is 10.8. The minimum atomic E-state index is -0.515. The van der Waals surface area contributed by atoms with Crippen LogP contribution in [0.2, 0.25) is 0 Å². The Balaban J connectivity index is 2.41. The molecule has 0 unspecified atom stereocenters. The fraction of sp³-hybridized carbons (Fsp3) is 0. The van der Waals surface area contributed by atoms with Crippen LogP contribution in [0.5, 0.6) is 0 Å². The Labute approximate surface area is 122 Å². The molecule has 1 aromatic carbocycles. The second kappa shape index (κ2) is 4.61. The number of carbonyl (C=O) groups excluding carboxylic acids is 1. The van der Waals surface area contributed by atoms with Crippen molar-refractivity contribution in [2.24, 2.45) is 5.73 Å².